The summed E-state index contributed by atoms with van der Waals surface area (Å²) in [6.07, 6.45) is 2.90. The molecule has 0 radical (unpaired) electrons. The number of hydrogen-bond donors (Lipinski definition) is 0. The second kappa shape index (κ2) is 4.80. The quantitative estimate of drug-likeness (QED) is 0.750. The maximum absolute atomic E-state index is 11.4. The monoisotopic (exact) mass is 275 g/mol. The predicted molar refractivity (Wildman–Crippen MR) is 67.9 cm³/mol. The van der Waals surface area contributed by atoms with Gasteiger partial charge < -0.3 is 4.90 Å². The van der Waals surface area contributed by atoms with E-state index in [1.807, 2.05) is 6.07 Å². The number of aromatic nitrogens is 1. The normalized spacial score (nSPS) is 18.4. The predicted octanol–water partition coefficient (Wildman–Crippen LogP) is 0.817. The van der Waals surface area contributed by atoms with E-state index >= 15 is 0 Å². The molecule has 1 aliphatic heterocycles. The summed E-state index contributed by atoms with van der Waals surface area (Å²) in [6, 6.07) is 3.67. The number of halogens is 1. The highest BCUT2D eigenvalue weighted by Gasteiger charge is 2.23. The molecular weight excluding hydrogens is 262 g/mol. The number of hydrogen-bond acceptors (Lipinski definition) is 4. The topological polar surface area (TPSA) is 53.5 Å². The van der Waals surface area contributed by atoms with Gasteiger partial charge in [-0.05, 0) is 12.1 Å². The van der Waals surface area contributed by atoms with Crippen molar-refractivity contribution >= 4 is 27.3 Å². The first-order valence-corrected chi connectivity index (χ1v) is 7.51. The largest absolute Gasteiger partial charge is 0.369 e. The third-order valence-corrected chi connectivity index (χ3v) is 4.29. The van der Waals surface area contributed by atoms with Crippen LogP contribution in [0.4, 0.5) is 5.69 Å². The van der Waals surface area contributed by atoms with Crippen LogP contribution >= 0.6 is 11.6 Å². The van der Waals surface area contributed by atoms with Crippen molar-refractivity contribution in [3.63, 3.8) is 0 Å². The van der Waals surface area contributed by atoms with Crippen LogP contribution in [0.1, 0.15) is 0 Å². The lowest BCUT2D eigenvalue weighted by Crippen LogP contribution is -2.48. The number of sulfonamides is 1. The van der Waals surface area contributed by atoms with Crippen LogP contribution in [0.15, 0.2) is 18.3 Å². The molecule has 5 nitrogen and oxygen atoms in total. The fraction of sp³-hybridized carbons (Fsp3) is 0.500. The molecule has 7 heteroatoms. The number of pyridine rings is 1. The Balaban J connectivity index is 2.05. The van der Waals surface area contributed by atoms with Crippen LogP contribution in [0.2, 0.25) is 5.15 Å². The van der Waals surface area contributed by atoms with Gasteiger partial charge in [0.25, 0.3) is 0 Å². The highest BCUT2D eigenvalue weighted by molar-refractivity contribution is 7.88. The molecule has 2 rings (SSSR count). The summed E-state index contributed by atoms with van der Waals surface area (Å²) >= 11 is 5.82. The summed E-state index contributed by atoms with van der Waals surface area (Å²) in [5, 5.41) is 0.452. The molecule has 1 aliphatic rings. The molecule has 0 atom stereocenters. The Morgan fingerprint density at radius 1 is 1.29 bits per heavy atom. The average molecular weight is 276 g/mol. The van der Waals surface area contributed by atoms with Gasteiger partial charge in [-0.1, -0.05) is 11.6 Å². The van der Waals surface area contributed by atoms with Crippen LogP contribution in [0.25, 0.3) is 0 Å². The molecule has 2 heterocycles. The number of nitrogens with zero attached hydrogens (tertiary/aromatic N) is 3. The minimum Gasteiger partial charge on any atom is -0.369 e. The lowest BCUT2D eigenvalue weighted by Gasteiger charge is -2.34. The van der Waals surface area contributed by atoms with Crippen LogP contribution in [-0.2, 0) is 10.0 Å². The molecule has 94 valence electrons. The second-order valence-corrected chi connectivity index (χ2v) is 6.36. The zero-order valence-electron chi connectivity index (χ0n) is 9.50. The van der Waals surface area contributed by atoms with Gasteiger partial charge in [-0.15, -0.1) is 0 Å². The first-order chi connectivity index (χ1) is 7.97. The first-order valence-electron chi connectivity index (χ1n) is 5.28. The fourth-order valence-corrected chi connectivity index (χ4v) is 2.86. The van der Waals surface area contributed by atoms with Crippen LogP contribution in [0, 0.1) is 0 Å². The smallest absolute Gasteiger partial charge is 0.211 e. The number of piperazine rings is 1. The minimum atomic E-state index is -3.07. The Kier molecular flexibility index (Phi) is 3.56. The van der Waals surface area contributed by atoms with Crippen molar-refractivity contribution in [2.45, 2.75) is 0 Å². The van der Waals surface area contributed by atoms with E-state index in [0.717, 1.165) is 5.69 Å². The van der Waals surface area contributed by atoms with Crippen molar-refractivity contribution < 1.29 is 8.42 Å². The highest BCUT2D eigenvalue weighted by Crippen LogP contribution is 2.19. The second-order valence-electron chi connectivity index (χ2n) is 3.99. The average Bonchev–Trinajstić information content (AvgIpc) is 2.28. The molecule has 0 aliphatic carbocycles. The molecular formula is C10H14ClN3O2S. The van der Waals surface area contributed by atoms with Crippen molar-refractivity contribution in [1.82, 2.24) is 9.29 Å². The SMILES string of the molecule is CS(=O)(=O)N1CCN(c2ccnc(Cl)c2)CC1. The molecule has 1 aromatic rings. The van der Waals surface area contributed by atoms with Gasteiger partial charge in [0.05, 0.1) is 6.26 Å². The van der Waals surface area contributed by atoms with Crippen LogP contribution in [0.5, 0.6) is 0 Å². The highest BCUT2D eigenvalue weighted by atomic mass is 35.5. The molecule has 0 amide bonds. The van der Waals surface area contributed by atoms with Crippen molar-refractivity contribution in [2.24, 2.45) is 0 Å². The van der Waals surface area contributed by atoms with E-state index in [9.17, 15) is 8.42 Å². The van der Waals surface area contributed by atoms with Gasteiger partial charge in [0, 0.05) is 38.1 Å². The molecule has 1 fully saturated rings. The summed E-state index contributed by atoms with van der Waals surface area (Å²) in [5.41, 5.74) is 0.984. The van der Waals surface area contributed by atoms with Gasteiger partial charge in [0.2, 0.25) is 10.0 Å². The van der Waals surface area contributed by atoms with Crippen molar-refractivity contribution in [3.8, 4) is 0 Å². The third kappa shape index (κ3) is 3.08. The van der Waals surface area contributed by atoms with Crippen LogP contribution < -0.4 is 4.90 Å². The summed E-state index contributed by atoms with van der Waals surface area (Å²) in [4.78, 5) is 6.03. The first kappa shape index (κ1) is 12.6. The minimum absolute atomic E-state index is 0.452. The van der Waals surface area contributed by atoms with Crippen LogP contribution in [0.3, 0.4) is 0 Å². The van der Waals surface area contributed by atoms with Crippen molar-refractivity contribution in [2.75, 3.05) is 37.3 Å². The van der Waals surface area contributed by atoms with Crippen molar-refractivity contribution in [1.29, 1.82) is 0 Å². The summed E-state index contributed by atoms with van der Waals surface area (Å²) < 4.78 is 24.2. The zero-order valence-corrected chi connectivity index (χ0v) is 11.1. The van der Waals surface area contributed by atoms with Gasteiger partial charge >= 0.3 is 0 Å². The summed E-state index contributed by atoms with van der Waals surface area (Å²) in [7, 11) is -3.07. The van der Waals surface area contributed by atoms with E-state index in [0.29, 0.717) is 31.3 Å². The molecule has 1 saturated heterocycles. The number of rotatable bonds is 2. The lowest BCUT2D eigenvalue weighted by atomic mass is 10.3. The van der Waals surface area contributed by atoms with E-state index < -0.39 is 10.0 Å². The lowest BCUT2D eigenvalue weighted by molar-refractivity contribution is 0.388. The van der Waals surface area contributed by atoms with Gasteiger partial charge in [0.1, 0.15) is 5.15 Å². The summed E-state index contributed by atoms with van der Waals surface area (Å²) in [6.45, 7) is 2.37. The van der Waals surface area contributed by atoms with Gasteiger partial charge in [-0.25, -0.2) is 13.4 Å². The molecule has 0 spiro atoms. The van der Waals surface area contributed by atoms with E-state index in [1.54, 1.807) is 12.3 Å². The van der Waals surface area contributed by atoms with E-state index in [4.69, 9.17) is 11.6 Å². The fourth-order valence-electron chi connectivity index (χ4n) is 1.87. The molecule has 0 aromatic carbocycles. The van der Waals surface area contributed by atoms with Gasteiger partial charge in [0.15, 0.2) is 0 Å². The Morgan fingerprint density at radius 2 is 1.94 bits per heavy atom. The van der Waals surface area contributed by atoms with E-state index in [1.165, 1.54) is 10.6 Å². The van der Waals surface area contributed by atoms with Crippen molar-refractivity contribution in [3.05, 3.63) is 23.5 Å². The molecule has 0 bridgehead atoms. The van der Waals surface area contributed by atoms with E-state index in [-0.39, 0.29) is 0 Å². The molecule has 0 N–H and O–H groups in total. The maximum Gasteiger partial charge on any atom is 0.211 e. The maximum atomic E-state index is 11.4. The van der Waals surface area contributed by atoms with Gasteiger partial charge in [-0.3, -0.25) is 0 Å². The molecule has 0 unspecified atom stereocenters. The molecule has 17 heavy (non-hydrogen) atoms. The third-order valence-electron chi connectivity index (χ3n) is 2.78. The Morgan fingerprint density at radius 3 is 2.47 bits per heavy atom. The Labute approximate surface area is 106 Å². The number of anilines is 1. The van der Waals surface area contributed by atoms with Crippen LogP contribution in [-0.4, -0.2) is 50.1 Å². The Bertz CT molecular complexity index is 498. The zero-order chi connectivity index (χ0) is 12.5. The Hall–Kier alpha value is -0.850. The van der Waals surface area contributed by atoms with Gasteiger partial charge in [-0.2, -0.15) is 4.31 Å². The molecule has 0 saturated carbocycles. The molecule has 1 aromatic heterocycles. The summed E-state index contributed by atoms with van der Waals surface area (Å²) in [5.74, 6) is 0. The standard InChI is InChI=1S/C10H14ClN3O2S/c1-17(15,16)14-6-4-13(5-7-14)9-2-3-12-10(11)8-9/h2-3,8H,4-7H2,1H3. The van der Waals surface area contributed by atoms with E-state index in [2.05, 4.69) is 9.88 Å².